The first kappa shape index (κ1) is 22.5. The maximum absolute atomic E-state index is 13.2. The maximum Gasteiger partial charge on any atom is 0.448 e. The molecule has 0 saturated carbocycles. The lowest BCUT2D eigenvalue weighted by molar-refractivity contribution is -0.438. The van der Waals surface area contributed by atoms with Crippen molar-refractivity contribution in [3.63, 3.8) is 0 Å². The molecule has 0 aromatic carbocycles. The average Bonchev–Trinajstić information content (AvgIpc) is 2.24. The number of nitrogens with one attached hydrogen (secondary N) is 1. The fraction of sp³-hybridized carbons (Fsp3) is 0.857. The summed E-state index contributed by atoms with van der Waals surface area (Å²) >= 11 is -0.392. The van der Waals surface area contributed by atoms with Gasteiger partial charge in [-0.1, -0.05) is 0 Å². The third kappa shape index (κ3) is 4.75. The number of carbonyl (C=O) groups is 1. The number of hydrogen-bond donors (Lipinski definition) is 2. The van der Waals surface area contributed by atoms with Gasteiger partial charge in [-0.2, -0.15) is 39.8 Å². The van der Waals surface area contributed by atoms with Crippen LogP contribution < -0.4 is 4.72 Å². The number of carboxylic acid groups (broad SMARTS) is 1. The number of aliphatic carboxylic acids is 1. The largest absolute Gasteiger partial charge is 0.480 e. The number of rotatable bonds is 8. The third-order valence-corrected chi connectivity index (χ3v) is 4.17. The lowest BCUT2D eigenvalue weighted by Crippen LogP contribution is -2.59. The minimum atomic E-state index is -6.62. The van der Waals surface area contributed by atoms with E-state index < -0.39 is 66.0 Å². The Kier molecular flexibility index (Phi) is 6.29. The van der Waals surface area contributed by atoms with Crippen molar-refractivity contribution in [3.05, 3.63) is 0 Å². The van der Waals surface area contributed by atoms with Crippen LogP contribution in [0.3, 0.4) is 0 Å². The van der Waals surface area contributed by atoms with Gasteiger partial charge in [-0.15, -0.1) is 0 Å². The molecule has 6 nitrogen and oxygen atoms in total. The zero-order valence-electron chi connectivity index (χ0n) is 10.5. The Morgan fingerprint density at radius 2 is 1.48 bits per heavy atom. The minimum absolute atomic E-state index is 0.392. The smallest absolute Gasteiger partial charge is 0.448 e. The molecule has 23 heavy (non-hydrogen) atoms. The fourth-order valence-electron chi connectivity index (χ4n) is 0.792. The molecule has 2 N–H and O–H groups in total. The van der Waals surface area contributed by atoms with Gasteiger partial charge in [-0.3, -0.25) is 4.79 Å². The standard InChI is InChI=1S/C7H6F8INO5S/c1-2(3(18)19)17-23(20,21)7(14,15)6(12,13)22-5(10,11)4(8,9)16/h2,17H,1H3,(H,18,19). The van der Waals surface area contributed by atoms with Crippen molar-refractivity contribution >= 4 is 38.6 Å². The van der Waals surface area contributed by atoms with Gasteiger partial charge in [0, 0.05) is 22.6 Å². The van der Waals surface area contributed by atoms with Crippen molar-refractivity contribution < 1.29 is 58.2 Å². The summed E-state index contributed by atoms with van der Waals surface area (Å²) < 4.78 is 122. The quantitative estimate of drug-likeness (QED) is 0.306. The molecule has 0 radical (unpaired) electrons. The first-order valence-electron chi connectivity index (χ1n) is 4.93. The lowest BCUT2D eigenvalue weighted by atomic mass is 10.4. The molecule has 1 atom stereocenters. The third-order valence-electron chi connectivity index (χ3n) is 1.97. The van der Waals surface area contributed by atoms with Crippen LogP contribution in [-0.4, -0.2) is 46.9 Å². The Balaban J connectivity index is 5.67. The monoisotopic (exact) mass is 495 g/mol. The maximum atomic E-state index is 13.2. The SMILES string of the molecule is CC(NS(=O)(=O)C(F)(F)C(F)(F)OC(F)(F)C(F)(F)I)C(=O)O. The van der Waals surface area contributed by atoms with E-state index in [4.69, 9.17) is 5.11 Å². The molecule has 0 aliphatic heterocycles. The van der Waals surface area contributed by atoms with Crippen molar-refractivity contribution in [1.82, 2.24) is 4.72 Å². The summed E-state index contributed by atoms with van der Waals surface area (Å²) in [5, 5.41) is 1.81. The summed E-state index contributed by atoms with van der Waals surface area (Å²) in [4.78, 5) is 10.3. The van der Waals surface area contributed by atoms with Gasteiger partial charge in [0.25, 0.3) is 10.0 Å². The van der Waals surface area contributed by atoms with Gasteiger partial charge in [-0.05, 0) is 6.92 Å². The highest BCUT2D eigenvalue weighted by atomic mass is 127. The molecule has 0 fully saturated rings. The molecule has 0 aliphatic rings. The summed E-state index contributed by atoms with van der Waals surface area (Å²) in [5.41, 5.74) is 0. The van der Waals surface area contributed by atoms with E-state index in [-0.39, 0.29) is 0 Å². The van der Waals surface area contributed by atoms with Crippen LogP contribution in [0.2, 0.25) is 0 Å². The van der Waals surface area contributed by atoms with Crippen molar-refractivity contribution in [2.45, 2.75) is 34.4 Å². The first-order chi connectivity index (χ1) is 9.78. The Bertz CT molecular complexity index is 562. The summed E-state index contributed by atoms with van der Waals surface area (Å²) in [7, 11) is -6.60. The van der Waals surface area contributed by atoms with Gasteiger partial charge in [0.05, 0.1) is 0 Å². The van der Waals surface area contributed by atoms with E-state index in [1.54, 1.807) is 0 Å². The number of halogens is 9. The number of ether oxygens (including phenoxy) is 1. The van der Waals surface area contributed by atoms with Gasteiger partial charge in [0.2, 0.25) is 0 Å². The van der Waals surface area contributed by atoms with Crippen LogP contribution in [0.15, 0.2) is 0 Å². The van der Waals surface area contributed by atoms with Crippen LogP contribution in [0.5, 0.6) is 0 Å². The van der Waals surface area contributed by atoms with Crippen LogP contribution in [-0.2, 0) is 19.6 Å². The Morgan fingerprint density at radius 3 is 1.78 bits per heavy atom. The summed E-state index contributed by atoms with van der Waals surface area (Å²) in [6.07, 6.45) is -12.8. The number of carboxylic acids is 1. The highest BCUT2D eigenvalue weighted by molar-refractivity contribution is 14.1. The number of sulfonamides is 1. The van der Waals surface area contributed by atoms with E-state index in [0.29, 0.717) is 11.6 Å². The highest BCUT2D eigenvalue weighted by Crippen LogP contribution is 2.48. The summed E-state index contributed by atoms with van der Waals surface area (Å²) in [6, 6.07) is -2.35. The molecule has 16 heteroatoms. The van der Waals surface area contributed by atoms with Gasteiger partial charge < -0.3 is 5.11 Å². The predicted octanol–water partition coefficient (Wildman–Crippen LogP) is 2.20. The number of alkyl halides is 9. The summed E-state index contributed by atoms with van der Waals surface area (Å²) in [6.45, 7) is 0.447. The molecule has 138 valence electrons. The first-order valence-corrected chi connectivity index (χ1v) is 7.50. The molecule has 0 rings (SSSR count). The van der Waals surface area contributed by atoms with Gasteiger partial charge in [0.1, 0.15) is 6.04 Å². The van der Waals surface area contributed by atoms with Crippen molar-refractivity contribution in [2.75, 3.05) is 0 Å². The van der Waals surface area contributed by atoms with Gasteiger partial charge in [0.15, 0.2) is 0 Å². The van der Waals surface area contributed by atoms with Gasteiger partial charge in [-0.25, -0.2) is 13.2 Å². The lowest BCUT2D eigenvalue weighted by Gasteiger charge is -2.30. The van der Waals surface area contributed by atoms with E-state index in [1.165, 1.54) is 0 Å². The van der Waals surface area contributed by atoms with Crippen LogP contribution in [0.25, 0.3) is 0 Å². The molecule has 0 bridgehead atoms. The van der Waals surface area contributed by atoms with E-state index >= 15 is 0 Å². The van der Waals surface area contributed by atoms with Gasteiger partial charge >= 0.3 is 27.4 Å². The predicted molar refractivity (Wildman–Crippen MR) is 64.0 cm³/mol. The zero-order valence-corrected chi connectivity index (χ0v) is 13.4. The molecule has 0 saturated heterocycles. The topological polar surface area (TPSA) is 92.7 Å². The Hall–Kier alpha value is -0.490. The van der Waals surface area contributed by atoms with Crippen molar-refractivity contribution in [2.24, 2.45) is 0 Å². The van der Waals surface area contributed by atoms with E-state index in [0.717, 1.165) is 0 Å². The molecule has 0 amide bonds. The molecular formula is C7H6F8INO5S. The Morgan fingerprint density at radius 1 is 1.09 bits per heavy atom. The van der Waals surface area contributed by atoms with E-state index in [9.17, 15) is 48.3 Å². The molecular weight excluding hydrogens is 489 g/mol. The second-order valence-corrected chi connectivity index (χ2v) is 6.94. The normalized spacial score (nSPS) is 16.3. The second-order valence-electron chi connectivity index (χ2n) is 3.83. The second kappa shape index (κ2) is 6.43. The molecule has 1 unspecified atom stereocenters. The Labute approximate surface area is 136 Å². The summed E-state index contributed by atoms with van der Waals surface area (Å²) in [5.74, 6) is -2.07. The molecule has 0 aliphatic carbocycles. The highest BCUT2D eigenvalue weighted by Gasteiger charge is 2.73. The molecule has 0 aromatic rings. The average molecular weight is 495 g/mol. The van der Waals surface area contributed by atoms with Crippen molar-refractivity contribution in [1.29, 1.82) is 0 Å². The van der Waals surface area contributed by atoms with E-state index in [2.05, 4.69) is 0 Å². The van der Waals surface area contributed by atoms with Crippen LogP contribution >= 0.6 is 22.6 Å². The minimum Gasteiger partial charge on any atom is -0.480 e. The van der Waals surface area contributed by atoms with Crippen LogP contribution in [0.4, 0.5) is 35.1 Å². The van der Waals surface area contributed by atoms with Crippen LogP contribution in [0, 0.1) is 0 Å². The molecule has 0 aromatic heterocycles. The van der Waals surface area contributed by atoms with Crippen LogP contribution in [0.1, 0.15) is 6.92 Å². The molecule has 0 heterocycles. The zero-order chi connectivity index (χ0) is 19.1. The van der Waals surface area contributed by atoms with E-state index in [1.807, 2.05) is 4.74 Å². The van der Waals surface area contributed by atoms with Crippen molar-refractivity contribution in [3.8, 4) is 0 Å². The fourth-order valence-corrected chi connectivity index (χ4v) is 1.97. The molecule has 0 spiro atoms. The number of hydrogen-bond acceptors (Lipinski definition) is 4.